The van der Waals surface area contributed by atoms with Crippen molar-refractivity contribution >= 4 is 16.7 Å². The summed E-state index contributed by atoms with van der Waals surface area (Å²) in [6.07, 6.45) is 3.02. The van der Waals surface area contributed by atoms with E-state index in [4.69, 9.17) is 0 Å². The third kappa shape index (κ3) is 1.81. The van der Waals surface area contributed by atoms with E-state index in [1.807, 2.05) is 30.3 Å². The number of rotatable bonds is 1. The van der Waals surface area contributed by atoms with Crippen LogP contribution in [0.4, 0.5) is 0 Å². The Morgan fingerprint density at radius 1 is 1.00 bits per heavy atom. The first-order valence-corrected chi connectivity index (χ1v) is 6.66. The zero-order chi connectivity index (χ0) is 15.1. The van der Waals surface area contributed by atoms with Gasteiger partial charge in [0, 0.05) is 18.0 Å². The average molecular weight is 290 g/mol. The zero-order valence-corrected chi connectivity index (χ0v) is 11.3. The second-order valence-electron chi connectivity index (χ2n) is 4.80. The minimum Gasteiger partial charge on any atom is -0.504 e. The Morgan fingerprint density at radius 2 is 1.82 bits per heavy atom. The maximum atomic E-state index is 12.4. The van der Waals surface area contributed by atoms with Crippen molar-refractivity contribution < 1.29 is 5.11 Å². The fourth-order valence-corrected chi connectivity index (χ4v) is 2.33. The Bertz CT molecular complexity index is 1060. The van der Waals surface area contributed by atoms with Crippen LogP contribution in [0.5, 0.6) is 5.75 Å². The smallest absolute Gasteiger partial charge is 0.269 e. The zero-order valence-electron chi connectivity index (χ0n) is 11.3. The molecule has 0 bridgehead atoms. The quantitative estimate of drug-likeness (QED) is 0.542. The van der Waals surface area contributed by atoms with Crippen molar-refractivity contribution in [3.63, 3.8) is 0 Å². The summed E-state index contributed by atoms with van der Waals surface area (Å²) in [6, 6.07) is 12.5. The van der Waals surface area contributed by atoms with E-state index in [1.54, 1.807) is 12.3 Å². The van der Waals surface area contributed by atoms with Gasteiger partial charge in [0.25, 0.3) is 5.56 Å². The second kappa shape index (κ2) is 4.63. The van der Waals surface area contributed by atoms with Crippen molar-refractivity contribution in [2.75, 3.05) is 0 Å². The van der Waals surface area contributed by atoms with E-state index in [9.17, 15) is 9.90 Å². The van der Waals surface area contributed by atoms with Crippen LogP contribution in [0.1, 0.15) is 0 Å². The van der Waals surface area contributed by atoms with Crippen molar-refractivity contribution in [3.05, 3.63) is 65.2 Å². The molecule has 0 saturated carbocycles. The molecule has 0 amide bonds. The summed E-state index contributed by atoms with van der Waals surface area (Å²) >= 11 is 0. The Balaban J connectivity index is 2.07. The average Bonchev–Trinajstić information content (AvgIpc) is 2.56. The lowest BCUT2D eigenvalue weighted by Crippen LogP contribution is -2.16. The molecule has 1 N–H and O–H groups in total. The summed E-state index contributed by atoms with van der Waals surface area (Å²) in [5, 5.41) is 10.2. The summed E-state index contributed by atoms with van der Waals surface area (Å²) < 4.78 is 1.28. The van der Waals surface area contributed by atoms with Gasteiger partial charge in [0.05, 0.1) is 0 Å². The normalized spacial score (nSPS) is 11.1. The lowest BCUT2D eigenvalue weighted by atomic mass is 10.2. The van der Waals surface area contributed by atoms with Gasteiger partial charge in [-0.3, -0.25) is 9.20 Å². The number of aromatic hydroxyl groups is 1. The second-order valence-corrected chi connectivity index (χ2v) is 4.80. The van der Waals surface area contributed by atoms with Crippen LogP contribution in [0.3, 0.4) is 0 Å². The predicted octanol–water partition coefficient (Wildman–Crippen LogP) is 2.01. The van der Waals surface area contributed by atoms with Gasteiger partial charge in [-0.2, -0.15) is 0 Å². The number of benzene rings is 1. The molecule has 0 saturated heterocycles. The maximum absolute atomic E-state index is 12.4. The number of fused-ring (bicyclic) bond motifs is 2. The largest absolute Gasteiger partial charge is 0.504 e. The molecule has 4 rings (SSSR count). The first-order valence-electron chi connectivity index (χ1n) is 6.66. The van der Waals surface area contributed by atoms with Crippen LogP contribution in [-0.2, 0) is 0 Å². The third-order valence-corrected chi connectivity index (χ3v) is 3.41. The minimum absolute atomic E-state index is 0.0682. The molecular formula is C16H10N4O2. The van der Waals surface area contributed by atoms with Crippen molar-refractivity contribution in [2.45, 2.75) is 0 Å². The SMILES string of the molecule is O=c1c2cnc(-c3ccccc3)nc2nc2c(O)cccn12. The maximum Gasteiger partial charge on any atom is 0.269 e. The topological polar surface area (TPSA) is 80.4 Å². The summed E-state index contributed by atoms with van der Waals surface area (Å²) in [5.41, 5.74) is 0.970. The van der Waals surface area contributed by atoms with Crippen molar-refractivity contribution in [1.29, 1.82) is 0 Å². The van der Waals surface area contributed by atoms with E-state index < -0.39 is 0 Å². The van der Waals surface area contributed by atoms with Crippen molar-refractivity contribution in [3.8, 4) is 17.1 Å². The molecule has 1 aromatic carbocycles. The number of hydrogen-bond acceptors (Lipinski definition) is 5. The van der Waals surface area contributed by atoms with Gasteiger partial charge in [0.15, 0.2) is 22.9 Å². The van der Waals surface area contributed by atoms with Crippen LogP contribution in [0, 0.1) is 0 Å². The first-order chi connectivity index (χ1) is 10.7. The highest BCUT2D eigenvalue weighted by atomic mass is 16.3. The summed E-state index contributed by atoms with van der Waals surface area (Å²) in [4.78, 5) is 25.3. The van der Waals surface area contributed by atoms with E-state index in [0.29, 0.717) is 11.2 Å². The number of pyridine rings is 1. The predicted molar refractivity (Wildman–Crippen MR) is 81.7 cm³/mol. The lowest BCUT2D eigenvalue weighted by molar-refractivity contribution is 0.477. The molecule has 3 aromatic heterocycles. The van der Waals surface area contributed by atoms with Gasteiger partial charge in [-0.05, 0) is 12.1 Å². The molecule has 4 aromatic rings. The highest BCUT2D eigenvalue weighted by Crippen LogP contribution is 2.18. The molecular weight excluding hydrogens is 280 g/mol. The van der Waals surface area contributed by atoms with Gasteiger partial charge in [0.1, 0.15) is 5.39 Å². The first kappa shape index (κ1) is 12.5. The molecule has 6 nitrogen and oxygen atoms in total. The fourth-order valence-electron chi connectivity index (χ4n) is 2.33. The third-order valence-electron chi connectivity index (χ3n) is 3.41. The van der Waals surface area contributed by atoms with Gasteiger partial charge in [-0.25, -0.2) is 15.0 Å². The molecule has 0 spiro atoms. The Hall–Kier alpha value is -3.28. The van der Waals surface area contributed by atoms with Crippen LogP contribution in [-0.4, -0.2) is 24.5 Å². The van der Waals surface area contributed by atoms with Gasteiger partial charge in [-0.1, -0.05) is 30.3 Å². The molecule has 0 aliphatic carbocycles. The van der Waals surface area contributed by atoms with E-state index in [0.717, 1.165) is 5.56 Å². The summed E-state index contributed by atoms with van der Waals surface area (Å²) in [6.45, 7) is 0. The van der Waals surface area contributed by atoms with E-state index in [1.165, 1.54) is 16.7 Å². The van der Waals surface area contributed by atoms with E-state index in [-0.39, 0.29) is 22.6 Å². The molecule has 3 heterocycles. The fraction of sp³-hybridized carbons (Fsp3) is 0. The Labute approximate surface area is 124 Å². The molecule has 0 aliphatic heterocycles. The Morgan fingerprint density at radius 3 is 2.64 bits per heavy atom. The number of hydrogen-bond donors (Lipinski definition) is 1. The van der Waals surface area contributed by atoms with Gasteiger partial charge in [-0.15, -0.1) is 0 Å². The highest BCUT2D eigenvalue weighted by Gasteiger charge is 2.11. The molecule has 22 heavy (non-hydrogen) atoms. The van der Waals surface area contributed by atoms with Crippen LogP contribution in [0.15, 0.2) is 59.7 Å². The summed E-state index contributed by atoms with van der Waals surface area (Å²) in [7, 11) is 0. The molecule has 0 fully saturated rings. The minimum atomic E-state index is -0.310. The van der Waals surface area contributed by atoms with Gasteiger partial charge >= 0.3 is 0 Å². The summed E-state index contributed by atoms with van der Waals surface area (Å²) in [5.74, 6) is 0.418. The number of nitrogens with zero attached hydrogens (tertiary/aromatic N) is 4. The van der Waals surface area contributed by atoms with Crippen LogP contribution >= 0.6 is 0 Å². The van der Waals surface area contributed by atoms with Crippen molar-refractivity contribution in [2.24, 2.45) is 0 Å². The van der Waals surface area contributed by atoms with Gasteiger partial charge < -0.3 is 5.11 Å². The van der Waals surface area contributed by atoms with Crippen LogP contribution in [0.25, 0.3) is 28.1 Å². The van der Waals surface area contributed by atoms with Crippen LogP contribution in [0.2, 0.25) is 0 Å². The molecule has 106 valence electrons. The molecule has 0 aliphatic rings. The van der Waals surface area contributed by atoms with Crippen molar-refractivity contribution in [1.82, 2.24) is 19.4 Å². The monoisotopic (exact) mass is 290 g/mol. The number of aromatic nitrogens is 4. The standard InChI is InChI=1S/C16H10N4O2/c21-12-7-4-8-20-15(12)19-14-11(16(20)22)9-17-13(18-14)10-5-2-1-3-6-10/h1-9,21H. The Kier molecular flexibility index (Phi) is 2.62. The molecule has 0 atom stereocenters. The van der Waals surface area contributed by atoms with E-state index in [2.05, 4.69) is 15.0 Å². The van der Waals surface area contributed by atoms with Crippen LogP contribution < -0.4 is 5.56 Å². The highest BCUT2D eigenvalue weighted by molar-refractivity contribution is 5.78. The van der Waals surface area contributed by atoms with Gasteiger partial charge in [0.2, 0.25) is 0 Å². The molecule has 6 heteroatoms. The van der Waals surface area contributed by atoms with E-state index >= 15 is 0 Å². The molecule has 0 radical (unpaired) electrons. The molecule has 0 unspecified atom stereocenters. The lowest BCUT2D eigenvalue weighted by Gasteiger charge is -2.05.